The monoisotopic (exact) mass is 230 g/mol. The van der Waals surface area contributed by atoms with Gasteiger partial charge in [-0.1, -0.05) is 18.2 Å². The quantitative estimate of drug-likeness (QED) is 0.772. The van der Waals surface area contributed by atoms with Gasteiger partial charge in [0.05, 0.1) is 0 Å². The van der Waals surface area contributed by atoms with Gasteiger partial charge < -0.3 is 9.80 Å². The standard InChI is InChI=1S/C14H18N2O/c17-14(12-6-7-12)16-10-8-15(9-11-16)13-4-2-1-3-5-13/h1-5,12H,6-11H2. The number of anilines is 1. The van der Waals surface area contributed by atoms with E-state index in [2.05, 4.69) is 29.2 Å². The second kappa shape index (κ2) is 4.40. The van der Waals surface area contributed by atoms with Gasteiger partial charge in [-0.05, 0) is 25.0 Å². The van der Waals surface area contributed by atoms with Crippen molar-refractivity contribution in [3.8, 4) is 0 Å². The van der Waals surface area contributed by atoms with Crippen molar-refractivity contribution in [1.82, 2.24) is 4.90 Å². The highest BCUT2D eigenvalue weighted by atomic mass is 16.2. The fraction of sp³-hybridized carbons (Fsp3) is 0.500. The molecule has 1 saturated heterocycles. The van der Waals surface area contributed by atoms with Crippen molar-refractivity contribution in [3.05, 3.63) is 30.3 Å². The van der Waals surface area contributed by atoms with Crippen LogP contribution in [-0.2, 0) is 4.79 Å². The number of hydrogen-bond donors (Lipinski definition) is 0. The molecule has 3 rings (SSSR count). The molecule has 0 spiro atoms. The molecular weight excluding hydrogens is 212 g/mol. The number of amides is 1. The molecule has 17 heavy (non-hydrogen) atoms. The van der Waals surface area contributed by atoms with Crippen LogP contribution in [0, 0.1) is 5.92 Å². The Hall–Kier alpha value is -1.51. The summed E-state index contributed by atoms with van der Waals surface area (Å²) in [6.07, 6.45) is 2.22. The molecule has 2 aliphatic rings. The van der Waals surface area contributed by atoms with Crippen LogP contribution in [-0.4, -0.2) is 37.0 Å². The van der Waals surface area contributed by atoms with Crippen molar-refractivity contribution in [2.75, 3.05) is 31.1 Å². The van der Waals surface area contributed by atoms with E-state index in [1.54, 1.807) is 0 Å². The van der Waals surface area contributed by atoms with Crippen molar-refractivity contribution in [1.29, 1.82) is 0 Å². The van der Waals surface area contributed by atoms with Crippen molar-refractivity contribution < 1.29 is 4.79 Å². The minimum absolute atomic E-state index is 0.360. The number of para-hydroxylation sites is 1. The minimum atomic E-state index is 0.360. The highest BCUT2D eigenvalue weighted by molar-refractivity contribution is 5.81. The average molecular weight is 230 g/mol. The summed E-state index contributed by atoms with van der Waals surface area (Å²) in [4.78, 5) is 16.3. The Labute approximate surface area is 102 Å². The van der Waals surface area contributed by atoms with Crippen LogP contribution >= 0.6 is 0 Å². The van der Waals surface area contributed by atoms with Crippen molar-refractivity contribution in [3.63, 3.8) is 0 Å². The maximum absolute atomic E-state index is 11.9. The molecule has 0 N–H and O–H groups in total. The molecule has 1 saturated carbocycles. The third kappa shape index (κ3) is 2.28. The summed E-state index contributed by atoms with van der Waals surface area (Å²) in [5.74, 6) is 0.746. The molecule has 0 bridgehead atoms. The van der Waals surface area contributed by atoms with E-state index in [9.17, 15) is 4.79 Å². The zero-order chi connectivity index (χ0) is 11.7. The second-order valence-corrected chi connectivity index (χ2v) is 4.92. The van der Waals surface area contributed by atoms with Gasteiger partial charge in [0.25, 0.3) is 0 Å². The SMILES string of the molecule is O=C(C1CC1)N1CCN(c2ccccc2)CC1. The number of hydrogen-bond acceptors (Lipinski definition) is 2. The summed E-state index contributed by atoms with van der Waals surface area (Å²) < 4.78 is 0. The molecule has 1 heterocycles. The van der Waals surface area contributed by atoms with Crippen LogP contribution in [0.25, 0.3) is 0 Å². The topological polar surface area (TPSA) is 23.6 Å². The lowest BCUT2D eigenvalue weighted by Crippen LogP contribution is -2.49. The summed E-state index contributed by atoms with van der Waals surface area (Å²) in [7, 11) is 0. The fourth-order valence-electron chi connectivity index (χ4n) is 2.41. The van der Waals surface area contributed by atoms with E-state index in [1.807, 2.05) is 11.0 Å². The molecule has 1 amide bonds. The summed E-state index contributed by atoms with van der Waals surface area (Å²) in [5, 5.41) is 0. The Morgan fingerprint density at radius 1 is 1.00 bits per heavy atom. The van der Waals surface area contributed by atoms with E-state index in [0.717, 1.165) is 39.0 Å². The highest BCUT2D eigenvalue weighted by Crippen LogP contribution is 2.31. The number of piperazine rings is 1. The first-order valence-electron chi connectivity index (χ1n) is 6.43. The molecule has 1 aliphatic carbocycles. The number of nitrogens with zero attached hydrogens (tertiary/aromatic N) is 2. The number of carbonyl (C=O) groups is 1. The summed E-state index contributed by atoms with van der Waals surface area (Å²) in [6.45, 7) is 3.68. The molecule has 1 aliphatic heterocycles. The molecule has 0 unspecified atom stereocenters. The van der Waals surface area contributed by atoms with E-state index in [1.165, 1.54) is 5.69 Å². The van der Waals surface area contributed by atoms with Crippen LogP contribution < -0.4 is 4.90 Å². The van der Waals surface area contributed by atoms with E-state index in [-0.39, 0.29) is 0 Å². The van der Waals surface area contributed by atoms with Gasteiger partial charge in [-0.2, -0.15) is 0 Å². The molecule has 2 fully saturated rings. The Bertz CT molecular complexity index is 392. The fourth-order valence-corrected chi connectivity index (χ4v) is 2.41. The van der Waals surface area contributed by atoms with Crippen LogP contribution in [0.5, 0.6) is 0 Å². The van der Waals surface area contributed by atoms with Crippen molar-refractivity contribution in [2.45, 2.75) is 12.8 Å². The first kappa shape index (κ1) is 10.6. The number of carbonyl (C=O) groups excluding carboxylic acids is 1. The lowest BCUT2D eigenvalue weighted by Gasteiger charge is -2.36. The first-order chi connectivity index (χ1) is 8.34. The normalized spacial score (nSPS) is 20.5. The highest BCUT2D eigenvalue weighted by Gasteiger charge is 2.34. The number of rotatable bonds is 2. The molecule has 0 radical (unpaired) electrons. The van der Waals surface area contributed by atoms with Gasteiger partial charge in [-0.25, -0.2) is 0 Å². The van der Waals surface area contributed by atoms with E-state index in [4.69, 9.17) is 0 Å². The summed E-state index contributed by atoms with van der Waals surface area (Å²) in [5.41, 5.74) is 1.27. The Morgan fingerprint density at radius 3 is 2.24 bits per heavy atom. The lowest BCUT2D eigenvalue weighted by molar-refractivity contribution is -0.132. The molecule has 0 aromatic heterocycles. The van der Waals surface area contributed by atoms with Gasteiger partial charge in [-0.3, -0.25) is 4.79 Å². The van der Waals surface area contributed by atoms with Crippen LogP contribution in [0.3, 0.4) is 0 Å². The minimum Gasteiger partial charge on any atom is -0.368 e. The molecule has 90 valence electrons. The van der Waals surface area contributed by atoms with Gasteiger partial charge in [0.15, 0.2) is 0 Å². The van der Waals surface area contributed by atoms with Gasteiger partial charge in [0, 0.05) is 37.8 Å². The van der Waals surface area contributed by atoms with Crippen LogP contribution in [0.1, 0.15) is 12.8 Å². The Kier molecular flexibility index (Phi) is 2.75. The second-order valence-electron chi connectivity index (χ2n) is 4.92. The van der Waals surface area contributed by atoms with Crippen LogP contribution in [0.4, 0.5) is 5.69 Å². The molecule has 3 nitrogen and oxygen atoms in total. The van der Waals surface area contributed by atoms with Gasteiger partial charge in [-0.15, -0.1) is 0 Å². The predicted molar refractivity (Wildman–Crippen MR) is 68.0 cm³/mol. The van der Waals surface area contributed by atoms with E-state index < -0.39 is 0 Å². The molecule has 3 heteroatoms. The predicted octanol–water partition coefficient (Wildman–Crippen LogP) is 1.75. The molecule has 1 aromatic carbocycles. The van der Waals surface area contributed by atoms with Gasteiger partial charge in [0.2, 0.25) is 5.91 Å². The van der Waals surface area contributed by atoms with Gasteiger partial charge >= 0.3 is 0 Å². The third-order valence-electron chi connectivity index (χ3n) is 3.64. The maximum Gasteiger partial charge on any atom is 0.225 e. The van der Waals surface area contributed by atoms with E-state index >= 15 is 0 Å². The van der Waals surface area contributed by atoms with Crippen molar-refractivity contribution >= 4 is 11.6 Å². The van der Waals surface area contributed by atoms with Crippen molar-refractivity contribution in [2.24, 2.45) is 5.92 Å². The maximum atomic E-state index is 11.9. The Balaban J connectivity index is 1.58. The molecular formula is C14H18N2O. The van der Waals surface area contributed by atoms with E-state index in [0.29, 0.717) is 11.8 Å². The zero-order valence-electron chi connectivity index (χ0n) is 10.0. The third-order valence-corrected chi connectivity index (χ3v) is 3.64. The average Bonchev–Trinajstić information content (AvgIpc) is 3.24. The zero-order valence-corrected chi connectivity index (χ0v) is 10.0. The number of benzene rings is 1. The first-order valence-corrected chi connectivity index (χ1v) is 6.43. The Morgan fingerprint density at radius 2 is 1.65 bits per heavy atom. The van der Waals surface area contributed by atoms with Crippen LogP contribution in [0.15, 0.2) is 30.3 Å². The molecule has 1 aromatic rings. The lowest BCUT2D eigenvalue weighted by atomic mass is 10.2. The molecule has 0 atom stereocenters. The van der Waals surface area contributed by atoms with Gasteiger partial charge in [0.1, 0.15) is 0 Å². The summed E-state index contributed by atoms with van der Waals surface area (Å²) >= 11 is 0. The largest absolute Gasteiger partial charge is 0.368 e. The van der Waals surface area contributed by atoms with Crippen LogP contribution in [0.2, 0.25) is 0 Å². The smallest absolute Gasteiger partial charge is 0.225 e. The summed E-state index contributed by atoms with van der Waals surface area (Å²) in [6, 6.07) is 10.4.